The highest BCUT2D eigenvalue weighted by Crippen LogP contribution is 2.15. The molecular weight excluding hydrogens is 382 g/mol. The molecule has 3 rings (SSSR count). The molecule has 0 fully saturated rings. The molecule has 0 bridgehead atoms. The second kappa shape index (κ2) is 7.91. The largest absolute Gasteiger partial charge is 0.390 e. The summed E-state index contributed by atoms with van der Waals surface area (Å²) in [6, 6.07) is 15.5. The van der Waals surface area contributed by atoms with Gasteiger partial charge in [0, 0.05) is 17.6 Å². The molecule has 1 aromatic heterocycles. The van der Waals surface area contributed by atoms with Crippen molar-refractivity contribution < 1.29 is 5.11 Å². The van der Waals surface area contributed by atoms with Gasteiger partial charge in [-0.15, -0.1) is 0 Å². The molecule has 5 nitrogen and oxygen atoms in total. The maximum atomic E-state index is 12.6. The lowest BCUT2D eigenvalue weighted by Crippen LogP contribution is -2.34. The summed E-state index contributed by atoms with van der Waals surface area (Å²) in [6.45, 7) is 1.43. The normalized spacial score (nSPS) is 12.6. The number of rotatable bonds is 6. The van der Waals surface area contributed by atoms with E-state index in [1.54, 1.807) is 12.1 Å². The van der Waals surface area contributed by atoms with Gasteiger partial charge in [0.15, 0.2) is 0 Å². The van der Waals surface area contributed by atoms with Gasteiger partial charge in [0.05, 0.1) is 29.9 Å². The maximum absolute atomic E-state index is 12.6. The van der Waals surface area contributed by atoms with Crippen LogP contribution in [0.5, 0.6) is 0 Å². The second-order valence-corrected chi connectivity index (χ2v) is 7.12. The third kappa shape index (κ3) is 4.54. The predicted molar refractivity (Wildman–Crippen MR) is 102 cm³/mol. The first-order chi connectivity index (χ1) is 12.0. The molecular formula is C19H20BrN3O2. The maximum Gasteiger partial charge on any atom is 0.261 e. The SMILES string of the molecule is CN(Cc1ccccc1)CC(O)Cn1cnc2ccc(Br)cc2c1=O. The predicted octanol–water partition coefficient (Wildman–Crippen LogP) is 2.65. The van der Waals surface area contributed by atoms with Crippen molar-refractivity contribution in [3.8, 4) is 0 Å². The van der Waals surface area contributed by atoms with Crippen molar-refractivity contribution in [1.29, 1.82) is 0 Å². The van der Waals surface area contributed by atoms with Crippen LogP contribution in [0.25, 0.3) is 10.9 Å². The fraction of sp³-hybridized carbons (Fsp3) is 0.263. The lowest BCUT2D eigenvalue weighted by molar-refractivity contribution is 0.106. The van der Waals surface area contributed by atoms with Crippen LogP contribution in [0.4, 0.5) is 0 Å². The molecule has 0 aliphatic heterocycles. The van der Waals surface area contributed by atoms with Crippen LogP contribution in [0.1, 0.15) is 5.56 Å². The number of hydrogen-bond donors (Lipinski definition) is 1. The number of halogens is 1. The van der Waals surface area contributed by atoms with Crippen LogP contribution < -0.4 is 5.56 Å². The molecule has 3 aromatic rings. The summed E-state index contributed by atoms with van der Waals surface area (Å²) < 4.78 is 2.30. The van der Waals surface area contributed by atoms with E-state index in [0.29, 0.717) is 17.4 Å². The first-order valence-electron chi connectivity index (χ1n) is 8.08. The van der Waals surface area contributed by atoms with Gasteiger partial charge in [0.25, 0.3) is 5.56 Å². The van der Waals surface area contributed by atoms with Gasteiger partial charge in [0.2, 0.25) is 0 Å². The summed E-state index contributed by atoms with van der Waals surface area (Å²) in [4.78, 5) is 18.9. The van der Waals surface area contributed by atoms with E-state index in [1.165, 1.54) is 16.5 Å². The zero-order valence-corrected chi connectivity index (χ0v) is 15.6. The number of likely N-dealkylation sites (N-methyl/N-ethyl adjacent to an activating group) is 1. The van der Waals surface area contributed by atoms with E-state index in [9.17, 15) is 9.90 Å². The van der Waals surface area contributed by atoms with Crippen LogP contribution in [0.2, 0.25) is 0 Å². The van der Waals surface area contributed by atoms with E-state index >= 15 is 0 Å². The molecule has 1 atom stereocenters. The van der Waals surface area contributed by atoms with Gasteiger partial charge in [-0.05, 0) is 30.8 Å². The molecule has 2 aromatic carbocycles. The standard InChI is InChI=1S/C19H20BrN3O2/c1-22(10-14-5-3-2-4-6-14)11-16(24)12-23-13-21-18-8-7-15(20)9-17(18)19(23)25/h2-9,13,16,24H,10-12H2,1H3. The average molecular weight is 402 g/mol. The molecule has 1 heterocycles. The van der Waals surface area contributed by atoms with Gasteiger partial charge in [0.1, 0.15) is 0 Å². The van der Waals surface area contributed by atoms with E-state index in [2.05, 4.69) is 33.0 Å². The Bertz CT molecular complexity index is 911. The zero-order chi connectivity index (χ0) is 17.8. The number of nitrogens with zero attached hydrogens (tertiary/aromatic N) is 3. The van der Waals surface area contributed by atoms with Crippen molar-refractivity contribution in [2.45, 2.75) is 19.2 Å². The molecule has 0 amide bonds. The fourth-order valence-electron chi connectivity index (χ4n) is 2.87. The molecule has 6 heteroatoms. The molecule has 0 radical (unpaired) electrons. The Labute approximate surface area is 154 Å². The Morgan fingerprint density at radius 3 is 2.76 bits per heavy atom. The van der Waals surface area contributed by atoms with Gasteiger partial charge in [-0.1, -0.05) is 46.3 Å². The van der Waals surface area contributed by atoms with Gasteiger partial charge >= 0.3 is 0 Å². The fourth-order valence-corrected chi connectivity index (χ4v) is 3.23. The van der Waals surface area contributed by atoms with Crippen LogP contribution >= 0.6 is 15.9 Å². The minimum atomic E-state index is -0.655. The molecule has 0 spiro atoms. The highest BCUT2D eigenvalue weighted by Gasteiger charge is 2.12. The minimum Gasteiger partial charge on any atom is -0.390 e. The quantitative estimate of drug-likeness (QED) is 0.689. The summed E-state index contributed by atoms with van der Waals surface area (Å²) in [5.74, 6) is 0. The molecule has 0 saturated carbocycles. The third-order valence-corrected chi connectivity index (χ3v) is 4.50. The Morgan fingerprint density at radius 2 is 2.00 bits per heavy atom. The van der Waals surface area contributed by atoms with Crippen molar-refractivity contribution in [3.05, 3.63) is 75.2 Å². The molecule has 25 heavy (non-hydrogen) atoms. The van der Waals surface area contributed by atoms with E-state index in [1.807, 2.05) is 36.2 Å². The number of hydrogen-bond acceptors (Lipinski definition) is 4. The van der Waals surface area contributed by atoms with E-state index in [4.69, 9.17) is 0 Å². The molecule has 130 valence electrons. The van der Waals surface area contributed by atoms with Gasteiger partial charge < -0.3 is 5.11 Å². The monoisotopic (exact) mass is 401 g/mol. The van der Waals surface area contributed by atoms with Crippen LogP contribution in [-0.2, 0) is 13.1 Å². The second-order valence-electron chi connectivity index (χ2n) is 6.20. The Hall–Kier alpha value is -2.02. The van der Waals surface area contributed by atoms with Crippen LogP contribution in [0.15, 0.2) is 64.1 Å². The number of aromatic nitrogens is 2. The van der Waals surface area contributed by atoms with Gasteiger partial charge in [-0.2, -0.15) is 0 Å². The molecule has 0 aliphatic carbocycles. The van der Waals surface area contributed by atoms with E-state index in [0.717, 1.165) is 11.0 Å². The summed E-state index contributed by atoms with van der Waals surface area (Å²) in [5, 5.41) is 10.9. The molecule has 1 N–H and O–H groups in total. The smallest absolute Gasteiger partial charge is 0.261 e. The van der Waals surface area contributed by atoms with Crippen LogP contribution in [-0.4, -0.2) is 39.3 Å². The Balaban J connectivity index is 1.68. The van der Waals surface area contributed by atoms with Crippen molar-refractivity contribution in [3.63, 3.8) is 0 Å². The summed E-state index contributed by atoms with van der Waals surface area (Å²) >= 11 is 3.37. The van der Waals surface area contributed by atoms with Crippen LogP contribution in [0.3, 0.4) is 0 Å². The Kier molecular flexibility index (Phi) is 5.63. The average Bonchev–Trinajstić information content (AvgIpc) is 2.58. The van der Waals surface area contributed by atoms with E-state index in [-0.39, 0.29) is 12.1 Å². The number of benzene rings is 2. The number of fused-ring (bicyclic) bond motifs is 1. The first kappa shape index (κ1) is 17.8. The van der Waals surface area contributed by atoms with E-state index < -0.39 is 6.10 Å². The summed E-state index contributed by atoms with van der Waals surface area (Å²) in [6.07, 6.45) is 0.844. The third-order valence-electron chi connectivity index (χ3n) is 4.01. The lowest BCUT2D eigenvalue weighted by atomic mass is 10.2. The van der Waals surface area contributed by atoms with Crippen molar-refractivity contribution >= 4 is 26.8 Å². The number of aliphatic hydroxyl groups is 1. The first-order valence-corrected chi connectivity index (χ1v) is 8.87. The van der Waals surface area contributed by atoms with Gasteiger partial charge in [-0.25, -0.2) is 4.98 Å². The number of aliphatic hydroxyl groups excluding tert-OH is 1. The minimum absolute atomic E-state index is 0.143. The lowest BCUT2D eigenvalue weighted by Gasteiger charge is -2.21. The van der Waals surface area contributed by atoms with Crippen LogP contribution in [0, 0.1) is 0 Å². The zero-order valence-electron chi connectivity index (χ0n) is 14.0. The van der Waals surface area contributed by atoms with Crippen molar-refractivity contribution in [1.82, 2.24) is 14.5 Å². The topological polar surface area (TPSA) is 58.4 Å². The molecule has 0 aliphatic rings. The molecule has 0 saturated heterocycles. The highest BCUT2D eigenvalue weighted by atomic mass is 79.9. The molecule has 1 unspecified atom stereocenters. The summed E-state index contributed by atoms with van der Waals surface area (Å²) in [7, 11) is 1.95. The summed E-state index contributed by atoms with van der Waals surface area (Å²) in [5.41, 5.74) is 1.70. The Morgan fingerprint density at radius 1 is 1.24 bits per heavy atom. The van der Waals surface area contributed by atoms with Gasteiger partial charge in [-0.3, -0.25) is 14.3 Å². The van der Waals surface area contributed by atoms with Crippen molar-refractivity contribution in [2.24, 2.45) is 0 Å². The van der Waals surface area contributed by atoms with Crippen molar-refractivity contribution in [2.75, 3.05) is 13.6 Å². The highest BCUT2D eigenvalue weighted by molar-refractivity contribution is 9.10.